The smallest absolute Gasteiger partial charge is 0.407 e. The van der Waals surface area contributed by atoms with Crippen LogP contribution in [0.4, 0.5) is 4.79 Å². The summed E-state index contributed by atoms with van der Waals surface area (Å²) >= 11 is 0. The van der Waals surface area contributed by atoms with Crippen molar-refractivity contribution in [2.45, 2.75) is 57.2 Å². The van der Waals surface area contributed by atoms with Crippen molar-refractivity contribution in [3.8, 4) is 33.6 Å². The maximum Gasteiger partial charge on any atom is 0.407 e. The Bertz CT molecular complexity index is 2280. The molecule has 280 valence electrons. The predicted molar refractivity (Wildman–Crippen MR) is 204 cm³/mol. The number of amides is 3. The number of hydrogen-bond donors (Lipinski definition) is 3. The number of nitrogens with zero attached hydrogens (tertiary/aromatic N) is 5. The molecule has 13 heteroatoms. The Morgan fingerprint density at radius 2 is 1.35 bits per heavy atom. The van der Waals surface area contributed by atoms with Gasteiger partial charge in [-0.25, -0.2) is 14.8 Å². The van der Waals surface area contributed by atoms with Gasteiger partial charge in [0.05, 0.1) is 55.1 Å². The number of nitrogens with one attached hydrogen (secondary N) is 3. The molecule has 6 aromatic rings. The molecule has 5 heterocycles. The van der Waals surface area contributed by atoms with Gasteiger partial charge in [-0.2, -0.15) is 0 Å². The molecule has 0 spiro atoms. The fraction of sp³-hybridized carbons (Fsp3) is 0.286. The van der Waals surface area contributed by atoms with Gasteiger partial charge >= 0.3 is 6.09 Å². The zero-order valence-electron chi connectivity index (χ0n) is 30.7. The van der Waals surface area contributed by atoms with E-state index in [1.807, 2.05) is 48.4 Å². The summed E-state index contributed by atoms with van der Waals surface area (Å²) in [5, 5.41) is 6.61. The standard InChI is InChI=1S/C42H42N8O5/c1-26-22-32(55-48-26)23-37(51)49-20-6-10-35(49)39-43-24-33(45-39)29-16-12-27(13-17-29)28-14-18-30(19-15-28)34-25-44-40(46-34)36-11-7-21-50(36)41(52)38(47-42(53)54-2)31-8-4-3-5-9-31/h3-5,8-9,12-19,22,24-25,35-36,38H,6-7,10-11,20-21,23H2,1-2H3,(H,43,45)(H,44,46)(H,47,53)/t35-,36-,38+/m0/s1. The lowest BCUT2D eigenvalue weighted by molar-refractivity contribution is -0.134. The van der Waals surface area contributed by atoms with E-state index in [0.29, 0.717) is 30.2 Å². The van der Waals surface area contributed by atoms with Gasteiger partial charge in [0.15, 0.2) is 0 Å². The number of aromatic nitrogens is 5. The number of rotatable bonds is 10. The van der Waals surface area contributed by atoms with E-state index in [1.165, 1.54) is 7.11 Å². The molecule has 3 N–H and O–H groups in total. The first kappa shape index (κ1) is 35.5. The van der Waals surface area contributed by atoms with Crippen LogP contribution in [0, 0.1) is 6.92 Å². The molecule has 3 atom stereocenters. The molecular weight excluding hydrogens is 697 g/mol. The second kappa shape index (κ2) is 15.5. The van der Waals surface area contributed by atoms with E-state index in [2.05, 4.69) is 74.0 Å². The minimum absolute atomic E-state index is 0.0101. The Morgan fingerprint density at radius 1 is 0.800 bits per heavy atom. The summed E-state index contributed by atoms with van der Waals surface area (Å²) in [4.78, 5) is 59.1. The zero-order valence-corrected chi connectivity index (χ0v) is 30.7. The molecule has 0 saturated carbocycles. The number of H-pyrrole nitrogens is 2. The molecule has 8 rings (SSSR count). The van der Waals surface area contributed by atoms with Crippen LogP contribution in [0.15, 0.2) is 102 Å². The number of aryl methyl sites for hydroxylation is 1. The summed E-state index contributed by atoms with van der Waals surface area (Å²) < 4.78 is 10.1. The third-order valence-corrected chi connectivity index (χ3v) is 10.5. The van der Waals surface area contributed by atoms with Crippen LogP contribution in [0.2, 0.25) is 0 Å². The summed E-state index contributed by atoms with van der Waals surface area (Å²) in [6, 6.07) is 26.4. The molecule has 3 aromatic heterocycles. The lowest BCUT2D eigenvalue weighted by Gasteiger charge is -2.28. The van der Waals surface area contributed by atoms with Gasteiger partial charge in [0.1, 0.15) is 23.5 Å². The van der Waals surface area contributed by atoms with Gasteiger partial charge in [0.25, 0.3) is 5.91 Å². The highest BCUT2D eigenvalue weighted by molar-refractivity contribution is 5.87. The number of ether oxygens (including phenoxy) is 1. The van der Waals surface area contributed by atoms with Crippen LogP contribution >= 0.6 is 0 Å². The molecule has 2 aliphatic rings. The first-order valence-electron chi connectivity index (χ1n) is 18.6. The Balaban J connectivity index is 0.921. The summed E-state index contributed by atoms with van der Waals surface area (Å²) in [5.74, 6) is 1.88. The van der Waals surface area contributed by atoms with Crippen molar-refractivity contribution in [1.29, 1.82) is 0 Å². The van der Waals surface area contributed by atoms with E-state index in [4.69, 9.17) is 14.2 Å². The van der Waals surface area contributed by atoms with Crippen LogP contribution in [-0.4, -0.2) is 73.0 Å². The van der Waals surface area contributed by atoms with E-state index < -0.39 is 12.1 Å². The lowest BCUT2D eigenvalue weighted by Crippen LogP contribution is -2.42. The van der Waals surface area contributed by atoms with Gasteiger partial charge in [-0.1, -0.05) is 84.0 Å². The van der Waals surface area contributed by atoms with Crippen molar-refractivity contribution in [2.75, 3.05) is 20.2 Å². The largest absolute Gasteiger partial charge is 0.453 e. The fourth-order valence-corrected chi connectivity index (χ4v) is 7.68. The van der Waals surface area contributed by atoms with Crippen LogP contribution in [0.1, 0.15) is 72.5 Å². The van der Waals surface area contributed by atoms with E-state index >= 15 is 0 Å². The first-order chi connectivity index (χ1) is 26.8. The molecule has 55 heavy (non-hydrogen) atoms. The molecule has 3 aromatic carbocycles. The summed E-state index contributed by atoms with van der Waals surface area (Å²) in [5.41, 5.74) is 7.33. The molecule has 0 bridgehead atoms. The average molecular weight is 739 g/mol. The third-order valence-electron chi connectivity index (χ3n) is 10.5. The average Bonchev–Trinajstić information content (AvgIpc) is 4.07. The number of carbonyl (C=O) groups is 3. The van der Waals surface area contributed by atoms with Gasteiger partial charge in [-0.15, -0.1) is 0 Å². The molecule has 13 nitrogen and oxygen atoms in total. The van der Waals surface area contributed by atoms with E-state index in [0.717, 1.165) is 70.8 Å². The molecule has 2 fully saturated rings. The SMILES string of the molecule is COC(=O)N[C@@H](C(=O)N1CCC[C@H]1c1ncc(-c2ccc(-c3ccc(-c4cnc([C@@H]5CCCN5C(=O)Cc5cc(C)no5)[nH]4)cc3)cc2)[nH]1)c1ccccc1. The Morgan fingerprint density at radius 3 is 1.89 bits per heavy atom. The Hall–Kier alpha value is -6.50. The van der Waals surface area contributed by atoms with Gasteiger partial charge in [-0.05, 0) is 60.4 Å². The second-order valence-electron chi connectivity index (χ2n) is 14.0. The van der Waals surface area contributed by atoms with E-state index in [1.54, 1.807) is 17.2 Å². The van der Waals surface area contributed by atoms with Crippen molar-refractivity contribution >= 4 is 17.9 Å². The van der Waals surface area contributed by atoms with Crippen molar-refractivity contribution in [2.24, 2.45) is 0 Å². The van der Waals surface area contributed by atoms with Crippen LogP contribution in [0.5, 0.6) is 0 Å². The van der Waals surface area contributed by atoms with Crippen LogP contribution < -0.4 is 5.32 Å². The molecule has 0 unspecified atom stereocenters. The molecule has 2 saturated heterocycles. The third kappa shape index (κ3) is 7.50. The quantitative estimate of drug-likeness (QED) is 0.134. The number of alkyl carbamates (subject to hydrolysis) is 1. The van der Waals surface area contributed by atoms with E-state index in [9.17, 15) is 14.4 Å². The van der Waals surface area contributed by atoms with Crippen molar-refractivity contribution in [1.82, 2.24) is 40.2 Å². The minimum Gasteiger partial charge on any atom is -0.453 e. The maximum atomic E-state index is 13.9. The maximum absolute atomic E-state index is 13.9. The van der Waals surface area contributed by atoms with Crippen molar-refractivity contribution in [3.63, 3.8) is 0 Å². The Labute approximate surface area is 318 Å². The number of aromatic amines is 2. The topological polar surface area (TPSA) is 162 Å². The highest BCUT2D eigenvalue weighted by Crippen LogP contribution is 2.35. The van der Waals surface area contributed by atoms with Crippen LogP contribution in [0.25, 0.3) is 33.6 Å². The highest BCUT2D eigenvalue weighted by atomic mass is 16.5. The minimum atomic E-state index is -0.872. The second-order valence-corrected chi connectivity index (χ2v) is 14.0. The van der Waals surface area contributed by atoms with E-state index in [-0.39, 0.29) is 30.3 Å². The molecular formula is C42H42N8O5. The summed E-state index contributed by atoms with van der Waals surface area (Å²) in [7, 11) is 1.28. The van der Waals surface area contributed by atoms with Crippen molar-refractivity contribution < 1.29 is 23.6 Å². The predicted octanol–water partition coefficient (Wildman–Crippen LogP) is 7.10. The zero-order chi connectivity index (χ0) is 37.9. The summed E-state index contributed by atoms with van der Waals surface area (Å²) in [6.07, 6.45) is 6.52. The molecule has 0 aliphatic carbocycles. The van der Waals surface area contributed by atoms with Gasteiger partial charge in [-0.3, -0.25) is 9.59 Å². The number of likely N-dealkylation sites (tertiary alicyclic amines) is 2. The number of carbonyl (C=O) groups excluding carboxylic acids is 3. The lowest BCUT2D eigenvalue weighted by atomic mass is 10.0. The molecule has 3 amide bonds. The first-order valence-corrected chi connectivity index (χ1v) is 18.6. The van der Waals surface area contributed by atoms with Crippen LogP contribution in [-0.2, 0) is 20.7 Å². The van der Waals surface area contributed by atoms with Gasteiger partial charge in [0, 0.05) is 19.2 Å². The number of benzene rings is 3. The van der Waals surface area contributed by atoms with Crippen LogP contribution in [0.3, 0.4) is 0 Å². The molecule has 0 radical (unpaired) electrons. The summed E-state index contributed by atoms with van der Waals surface area (Å²) in [6.45, 7) is 3.09. The normalized spacial score (nSPS) is 17.3. The fourth-order valence-electron chi connectivity index (χ4n) is 7.68. The number of methoxy groups -OCH3 is 1. The monoisotopic (exact) mass is 738 g/mol. The number of hydrogen-bond acceptors (Lipinski definition) is 8. The van der Waals surface area contributed by atoms with Crippen molar-refractivity contribution in [3.05, 3.63) is 126 Å². The molecule has 2 aliphatic heterocycles. The Kier molecular flexibility index (Phi) is 9.99. The number of imidazole rings is 2. The van der Waals surface area contributed by atoms with Gasteiger partial charge < -0.3 is 34.3 Å². The van der Waals surface area contributed by atoms with Gasteiger partial charge in [0.2, 0.25) is 5.91 Å². The highest BCUT2D eigenvalue weighted by Gasteiger charge is 2.37.